The third-order valence-electron chi connectivity index (χ3n) is 4.41. The molecule has 0 aromatic rings. The molecular formula is C15H30N2O. The minimum atomic E-state index is 0.188. The van der Waals surface area contributed by atoms with Gasteiger partial charge in [-0.05, 0) is 39.2 Å². The second-order valence-electron chi connectivity index (χ2n) is 5.55. The Morgan fingerprint density at radius 1 is 1.33 bits per heavy atom. The van der Waals surface area contributed by atoms with Crippen molar-refractivity contribution in [1.29, 1.82) is 0 Å². The minimum absolute atomic E-state index is 0.188. The molecule has 0 saturated carbocycles. The van der Waals surface area contributed by atoms with E-state index in [1.807, 2.05) is 0 Å². The Bertz CT molecular complexity index is 251. The molecule has 2 atom stereocenters. The van der Waals surface area contributed by atoms with Crippen molar-refractivity contribution in [3.63, 3.8) is 0 Å². The van der Waals surface area contributed by atoms with Crippen LogP contribution in [-0.4, -0.2) is 36.5 Å². The van der Waals surface area contributed by atoms with Gasteiger partial charge in [-0.2, -0.15) is 0 Å². The fraction of sp³-hybridized carbons (Fsp3) is 0.933. The van der Waals surface area contributed by atoms with E-state index < -0.39 is 0 Å². The van der Waals surface area contributed by atoms with Crippen molar-refractivity contribution in [1.82, 2.24) is 10.2 Å². The van der Waals surface area contributed by atoms with Crippen LogP contribution in [0.25, 0.3) is 0 Å². The summed E-state index contributed by atoms with van der Waals surface area (Å²) in [4.78, 5) is 14.7. The molecule has 0 spiro atoms. The molecule has 1 aliphatic rings. The van der Waals surface area contributed by atoms with Gasteiger partial charge in [-0.25, -0.2) is 0 Å². The van der Waals surface area contributed by atoms with Gasteiger partial charge in [-0.1, -0.05) is 26.7 Å². The summed E-state index contributed by atoms with van der Waals surface area (Å²) in [6, 6.07) is 0.335. The van der Waals surface area contributed by atoms with E-state index >= 15 is 0 Å². The molecule has 1 N–H and O–H groups in total. The Morgan fingerprint density at radius 3 is 2.50 bits per heavy atom. The molecule has 3 heteroatoms. The van der Waals surface area contributed by atoms with Crippen LogP contribution in [0.1, 0.15) is 53.4 Å². The molecule has 0 bridgehead atoms. The van der Waals surface area contributed by atoms with Gasteiger partial charge in [0.05, 0.1) is 5.92 Å². The highest BCUT2D eigenvalue weighted by Gasteiger charge is 2.30. The Kier molecular flexibility index (Phi) is 6.69. The lowest BCUT2D eigenvalue weighted by Gasteiger charge is -2.34. The molecule has 1 amide bonds. The fourth-order valence-corrected chi connectivity index (χ4v) is 2.85. The van der Waals surface area contributed by atoms with Crippen LogP contribution in [0, 0.1) is 11.8 Å². The van der Waals surface area contributed by atoms with Gasteiger partial charge in [0.1, 0.15) is 0 Å². The van der Waals surface area contributed by atoms with Crippen molar-refractivity contribution < 1.29 is 4.79 Å². The van der Waals surface area contributed by atoms with Crippen LogP contribution in [0.5, 0.6) is 0 Å². The van der Waals surface area contributed by atoms with Crippen molar-refractivity contribution in [2.45, 2.75) is 59.4 Å². The predicted molar refractivity (Wildman–Crippen MR) is 76.5 cm³/mol. The summed E-state index contributed by atoms with van der Waals surface area (Å²) in [6.45, 7) is 11.5. The van der Waals surface area contributed by atoms with Gasteiger partial charge < -0.3 is 10.2 Å². The van der Waals surface area contributed by atoms with Crippen LogP contribution < -0.4 is 5.32 Å². The van der Waals surface area contributed by atoms with Crippen LogP contribution in [0.15, 0.2) is 0 Å². The van der Waals surface area contributed by atoms with Gasteiger partial charge in [-0.3, -0.25) is 4.79 Å². The van der Waals surface area contributed by atoms with Crippen molar-refractivity contribution in [3.8, 4) is 0 Å². The molecule has 1 heterocycles. The number of nitrogens with one attached hydrogen (secondary N) is 1. The monoisotopic (exact) mass is 254 g/mol. The largest absolute Gasteiger partial charge is 0.342 e. The molecule has 0 aromatic heterocycles. The lowest BCUT2D eigenvalue weighted by molar-refractivity contribution is -0.137. The van der Waals surface area contributed by atoms with Crippen molar-refractivity contribution in [2.75, 3.05) is 19.6 Å². The van der Waals surface area contributed by atoms with Gasteiger partial charge in [0.15, 0.2) is 0 Å². The topological polar surface area (TPSA) is 32.3 Å². The Hall–Kier alpha value is -0.570. The highest BCUT2D eigenvalue weighted by Crippen LogP contribution is 2.20. The van der Waals surface area contributed by atoms with E-state index in [9.17, 15) is 4.79 Å². The van der Waals surface area contributed by atoms with E-state index in [-0.39, 0.29) is 5.92 Å². The molecule has 0 aromatic carbocycles. The van der Waals surface area contributed by atoms with Gasteiger partial charge in [0.25, 0.3) is 0 Å². The van der Waals surface area contributed by atoms with Crippen LogP contribution in [0.3, 0.4) is 0 Å². The van der Waals surface area contributed by atoms with Gasteiger partial charge >= 0.3 is 0 Å². The zero-order valence-corrected chi connectivity index (χ0v) is 12.5. The first-order chi connectivity index (χ1) is 8.63. The van der Waals surface area contributed by atoms with Gasteiger partial charge in [-0.15, -0.1) is 0 Å². The standard InChI is InChI=1S/C15H30N2O/c1-5-13(6-2)11-17(7-3)15(18)14-9-8-10-16-12(14)4/h12-14,16H,5-11H2,1-4H3. The van der Waals surface area contributed by atoms with Crippen LogP contribution >= 0.6 is 0 Å². The number of carbonyl (C=O) groups excluding carboxylic acids is 1. The zero-order chi connectivity index (χ0) is 13.5. The number of rotatable bonds is 6. The average molecular weight is 254 g/mol. The fourth-order valence-electron chi connectivity index (χ4n) is 2.85. The second kappa shape index (κ2) is 7.78. The summed E-state index contributed by atoms with van der Waals surface area (Å²) >= 11 is 0. The van der Waals surface area contributed by atoms with Gasteiger partial charge in [0.2, 0.25) is 5.91 Å². The first-order valence-corrected chi connectivity index (χ1v) is 7.66. The Morgan fingerprint density at radius 2 is 2.00 bits per heavy atom. The lowest BCUT2D eigenvalue weighted by atomic mass is 9.90. The van der Waals surface area contributed by atoms with Crippen LogP contribution in [0.4, 0.5) is 0 Å². The predicted octanol–water partition coefficient (Wildman–Crippen LogP) is 2.66. The van der Waals surface area contributed by atoms with Crippen molar-refractivity contribution >= 4 is 5.91 Å². The van der Waals surface area contributed by atoms with Crippen molar-refractivity contribution in [2.24, 2.45) is 11.8 Å². The maximum atomic E-state index is 12.6. The molecule has 1 fully saturated rings. The number of amides is 1. The number of carbonyl (C=O) groups is 1. The molecule has 2 unspecified atom stereocenters. The summed E-state index contributed by atoms with van der Waals surface area (Å²) in [5, 5.41) is 3.43. The summed E-state index contributed by atoms with van der Waals surface area (Å²) in [5.41, 5.74) is 0. The number of piperidine rings is 1. The Balaban J connectivity index is 2.60. The van der Waals surface area contributed by atoms with Crippen LogP contribution in [-0.2, 0) is 4.79 Å². The molecule has 0 aliphatic carbocycles. The quantitative estimate of drug-likeness (QED) is 0.790. The molecule has 3 nitrogen and oxygen atoms in total. The molecule has 1 aliphatic heterocycles. The first kappa shape index (κ1) is 15.5. The van der Waals surface area contributed by atoms with E-state index in [1.165, 1.54) is 12.8 Å². The third-order valence-corrected chi connectivity index (χ3v) is 4.41. The second-order valence-corrected chi connectivity index (χ2v) is 5.55. The molecule has 106 valence electrons. The molecule has 1 rings (SSSR count). The van der Waals surface area contributed by atoms with E-state index in [0.29, 0.717) is 17.9 Å². The molecule has 0 radical (unpaired) electrons. The highest BCUT2D eigenvalue weighted by molar-refractivity contribution is 5.79. The maximum absolute atomic E-state index is 12.6. The van der Waals surface area contributed by atoms with Crippen molar-refractivity contribution in [3.05, 3.63) is 0 Å². The summed E-state index contributed by atoms with van der Waals surface area (Å²) in [7, 11) is 0. The van der Waals surface area contributed by atoms with Crippen LogP contribution in [0.2, 0.25) is 0 Å². The number of hydrogen-bond donors (Lipinski definition) is 1. The van der Waals surface area contributed by atoms with E-state index in [0.717, 1.165) is 32.5 Å². The maximum Gasteiger partial charge on any atom is 0.227 e. The third kappa shape index (κ3) is 3.98. The molecular weight excluding hydrogens is 224 g/mol. The normalized spacial score (nSPS) is 24.3. The SMILES string of the molecule is CCC(CC)CN(CC)C(=O)C1CCCNC1C. The first-order valence-electron chi connectivity index (χ1n) is 7.66. The van der Waals surface area contributed by atoms with Gasteiger partial charge in [0, 0.05) is 19.1 Å². The molecule has 1 saturated heterocycles. The summed E-state index contributed by atoms with van der Waals surface area (Å²) in [5.74, 6) is 1.21. The Labute approximate surface area is 112 Å². The van der Waals surface area contributed by atoms with E-state index in [2.05, 4.69) is 37.9 Å². The number of nitrogens with zero attached hydrogens (tertiary/aromatic N) is 1. The summed E-state index contributed by atoms with van der Waals surface area (Å²) in [6.07, 6.45) is 4.51. The average Bonchev–Trinajstić information content (AvgIpc) is 2.40. The van der Waals surface area contributed by atoms with E-state index in [1.54, 1.807) is 0 Å². The van der Waals surface area contributed by atoms with E-state index in [4.69, 9.17) is 0 Å². The highest BCUT2D eigenvalue weighted by atomic mass is 16.2. The lowest BCUT2D eigenvalue weighted by Crippen LogP contribution is -2.49. The smallest absolute Gasteiger partial charge is 0.227 e. The minimum Gasteiger partial charge on any atom is -0.342 e. The summed E-state index contributed by atoms with van der Waals surface area (Å²) < 4.78 is 0. The molecule has 18 heavy (non-hydrogen) atoms. The zero-order valence-electron chi connectivity index (χ0n) is 12.5. The number of hydrogen-bond acceptors (Lipinski definition) is 2.